The van der Waals surface area contributed by atoms with Crippen molar-refractivity contribution < 1.29 is 27.9 Å². The van der Waals surface area contributed by atoms with Gasteiger partial charge in [-0.15, -0.1) is 11.3 Å². The number of hydrogen-bond donors (Lipinski definition) is 2. The predicted octanol–water partition coefficient (Wildman–Crippen LogP) is 0.522. The molecule has 0 aliphatic carbocycles. The number of carbonyl (C=O) groups excluding carboxylic acids is 1. The van der Waals surface area contributed by atoms with Gasteiger partial charge in [-0.05, 0) is 13.3 Å². The number of carboxylic acids is 1. The van der Waals surface area contributed by atoms with Crippen molar-refractivity contribution in [2.75, 3.05) is 12.9 Å². The van der Waals surface area contributed by atoms with Gasteiger partial charge in [0.25, 0.3) is 0 Å². The summed E-state index contributed by atoms with van der Waals surface area (Å²) in [6.07, 6.45) is 0.177. The maximum absolute atomic E-state index is 11.7. The Morgan fingerprint density at radius 3 is 2.62 bits per heavy atom. The predicted molar refractivity (Wildman–Crippen MR) is 75.7 cm³/mol. The van der Waals surface area contributed by atoms with Gasteiger partial charge in [-0.25, -0.2) is 22.9 Å². The van der Waals surface area contributed by atoms with E-state index in [9.17, 15) is 18.0 Å². The first-order chi connectivity index (χ1) is 9.75. The van der Waals surface area contributed by atoms with Gasteiger partial charge < -0.3 is 9.84 Å². The molecule has 2 N–H and O–H groups in total. The normalized spacial score (nSPS) is 11.3. The van der Waals surface area contributed by atoms with Gasteiger partial charge in [0.2, 0.25) is 10.0 Å². The summed E-state index contributed by atoms with van der Waals surface area (Å²) in [5.74, 6) is -1.76. The molecule has 0 bridgehead atoms. The molecule has 8 nitrogen and oxygen atoms in total. The number of carbonyl (C=O) groups is 2. The fourth-order valence-electron chi connectivity index (χ4n) is 1.48. The van der Waals surface area contributed by atoms with Crippen molar-refractivity contribution in [3.8, 4) is 0 Å². The molecule has 0 atom stereocenters. The molecule has 0 saturated heterocycles. The maximum Gasteiger partial charge on any atom is 0.347 e. The molecule has 21 heavy (non-hydrogen) atoms. The number of aromatic carboxylic acids is 1. The highest BCUT2D eigenvalue weighted by atomic mass is 32.2. The van der Waals surface area contributed by atoms with Crippen LogP contribution in [0.1, 0.15) is 33.2 Å². The summed E-state index contributed by atoms with van der Waals surface area (Å²) in [5, 5.41) is 9.26. The SMILES string of the molecule is COC(=O)CCCS(=O)(=O)NCc1nc(C)c(C(=O)O)s1. The number of methoxy groups -OCH3 is 1. The summed E-state index contributed by atoms with van der Waals surface area (Å²) in [5.41, 5.74) is 0.354. The van der Waals surface area contributed by atoms with Crippen molar-refractivity contribution in [2.45, 2.75) is 26.3 Å². The molecule has 118 valence electrons. The minimum absolute atomic E-state index is 0.0247. The second-order valence-corrected chi connectivity index (χ2v) is 7.16. The number of ether oxygens (including phenoxy) is 1. The molecule has 0 fully saturated rings. The molecule has 0 radical (unpaired) electrons. The quantitative estimate of drug-likeness (QED) is 0.663. The average molecular weight is 336 g/mol. The molecule has 1 heterocycles. The fraction of sp³-hybridized carbons (Fsp3) is 0.545. The molecule has 0 unspecified atom stereocenters. The number of sulfonamides is 1. The van der Waals surface area contributed by atoms with Gasteiger partial charge in [0.15, 0.2) is 0 Å². The van der Waals surface area contributed by atoms with Crippen molar-refractivity contribution in [3.63, 3.8) is 0 Å². The third kappa shape index (κ3) is 5.78. The van der Waals surface area contributed by atoms with E-state index >= 15 is 0 Å². The number of thiazole rings is 1. The maximum atomic E-state index is 11.7. The van der Waals surface area contributed by atoms with E-state index in [1.165, 1.54) is 7.11 Å². The summed E-state index contributed by atoms with van der Waals surface area (Å²) in [6.45, 7) is 1.48. The first-order valence-electron chi connectivity index (χ1n) is 5.99. The van der Waals surface area contributed by atoms with Crippen LogP contribution in [-0.2, 0) is 26.1 Å². The molecule has 0 spiro atoms. The Morgan fingerprint density at radius 1 is 1.43 bits per heavy atom. The van der Waals surface area contributed by atoms with E-state index in [4.69, 9.17) is 5.11 Å². The Hall–Kier alpha value is -1.52. The lowest BCUT2D eigenvalue weighted by molar-refractivity contribution is -0.140. The zero-order chi connectivity index (χ0) is 16.0. The number of rotatable bonds is 8. The third-order valence-corrected chi connectivity index (χ3v) is 5.06. The molecule has 1 rings (SSSR count). The summed E-state index contributed by atoms with van der Waals surface area (Å²) < 4.78 is 30.1. The number of carboxylic acid groups (broad SMARTS) is 1. The van der Waals surface area contributed by atoms with Crippen LogP contribution in [0.15, 0.2) is 0 Å². The smallest absolute Gasteiger partial charge is 0.347 e. The van der Waals surface area contributed by atoms with Gasteiger partial charge in [-0.1, -0.05) is 0 Å². The topological polar surface area (TPSA) is 123 Å². The van der Waals surface area contributed by atoms with Gasteiger partial charge >= 0.3 is 11.9 Å². The number of esters is 1. The minimum Gasteiger partial charge on any atom is -0.477 e. The standard InChI is InChI=1S/C11H16N2O6S2/c1-7-10(11(15)16)20-8(13-7)6-12-21(17,18)5-3-4-9(14)19-2/h12H,3-6H2,1-2H3,(H,15,16). The number of aromatic nitrogens is 1. The number of hydrogen-bond acceptors (Lipinski definition) is 7. The van der Waals surface area contributed by atoms with Crippen LogP contribution in [0.5, 0.6) is 0 Å². The van der Waals surface area contributed by atoms with E-state index in [1.54, 1.807) is 6.92 Å². The van der Waals surface area contributed by atoms with Crippen molar-refractivity contribution in [2.24, 2.45) is 0 Å². The minimum atomic E-state index is -3.55. The van der Waals surface area contributed by atoms with Gasteiger partial charge in [-0.2, -0.15) is 0 Å². The lowest BCUT2D eigenvalue weighted by Gasteiger charge is -2.04. The first-order valence-corrected chi connectivity index (χ1v) is 8.46. The molecule has 0 aromatic carbocycles. The number of aryl methyl sites for hydroxylation is 1. The lowest BCUT2D eigenvalue weighted by atomic mass is 10.3. The van der Waals surface area contributed by atoms with Crippen LogP contribution in [0.3, 0.4) is 0 Å². The molecule has 0 amide bonds. The van der Waals surface area contributed by atoms with Crippen molar-refractivity contribution in [1.82, 2.24) is 9.71 Å². The van der Waals surface area contributed by atoms with Crippen molar-refractivity contribution in [1.29, 1.82) is 0 Å². The first kappa shape index (κ1) is 17.5. The molecule has 0 saturated carbocycles. The zero-order valence-corrected chi connectivity index (χ0v) is 13.2. The molecular weight excluding hydrogens is 320 g/mol. The highest BCUT2D eigenvalue weighted by molar-refractivity contribution is 7.89. The van der Waals surface area contributed by atoms with Crippen molar-refractivity contribution >= 4 is 33.3 Å². The summed E-state index contributed by atoms with van der Waals surface area (Å²) in [7, 11) is -2.31. The van der Waals surface area contributed by atoms with Crippen LogP contribution in [-0.4, -0.2) is 43.3 Å². The Bertz CT molecular complexity index is 623. The van der Waals surface area contributed by atoms with E-state index in [-0.39, 0.29) is 30.0 Å². The van der Waals surface area contributed by atoms with Crippen LogP contribution >= 0.6 is 11.3 Å². The summed E-state index contributed by atoms with van der Waals surface area (Å²) in [4.78, 5) is 25.8. The Balaban J connectivity index is 2.51. The molecule has 10 heteroatoms. The van der Waals surface area contributed by atoms with E-state index in [1.807, 2.05) is 0 Å². The van der Waals surface area contributed by atoms with Crippen LogP contribution in [0.4, 0.5) is 0 Å². The van der Waals surface area contributed by atoms with Gasteiger partial charge in [-0.3, -0.25) is 4.79 Å². The molecule has 0 aliphatic rings. The Kier molecular flexibility index (Phi) is 6.24. The van der Waals surface area contributed by atoms with E-state index in [0.29, 0.717) is 10.7 Å². The zero-order valence-electron chi connectivity index (χ0n) is 11.6. The van der Waals surface area contributed by atoms with E-state index < -0.39 is 22.0 Å². The Morgan fingerprint density at radius 2 is 2.10 bits per heavy atom. The summed E-state index contributed by atoms with van der Waals surface area (Å²) in [6, 6.07) is 0. The fourth-order valence-corrected chi connectivity index (χ4v) is 3.44. The van der Waals surface area contributed by atoms with Gasteiger partial charge in [0.05, 0.1) is 25.1 Å². The molecular formula is C11H16N2O6S2. The Labute approximate surface area is 126 Å². The second kappa shape index (κ2) is 7.48. The molecule has 1 aromatic rings. The van der Waals surface area contributed by atoms with Crippen LogP contribution < -0.4 is 4.72 Å². The van der Waals surface area contributed by atoms with E-state index in [0.717, 1.165) is 11.3 Å². The second-order valence-electron chi connectivity index (χ2n) is 4.15. The molecule has 0 aliphatic heterocycles. The van der Waals surface area contributed by atoms with Gasteiger partial charge in [0, 0.05) is 6.42 Å². The van der Waals surface area contributed by atoms with Crippen LogP contribution in [0.2, 0.25) is 0 Å². The summed E-state index contributed by atoms with van der Waals surface area (Å²) >= 11 is 0.929. The largest absolute Gasteiger partial charge is 0.477 e. The average Bonchev–Trinajstić information content (AvgIpc) is 2.77. The monoisotopic (exact) mass is 336 g/mol. The van der Waals surface area contributed by atoms with Gasteiger partial charge in [0.1, 0.15) is 9.88 Å². The van der Waals surface area contributed by atoms with Crippen molar-refractivity contribution in [3.05, 3.63) is 15.6 Å². The van der Waals surface area contributed by atoms with Crippen LogP contribution in [0.25, 0.3) is 0 Å². The van der Waals surface area contributed by atoms with Crippen LogP contribution in [0, 0.1) is 6.92 Å². The highest BCUT2D eigenvalue weighted by Gasteiger charge is 2.16. The number of nitrogens with zero attached hydrogens (tertiary/aromatic N) is 1. The third-order valence-electron chi connectivity index (χ3n) is 2.50. The molecule has 1 aromatic heterocycles. The number of nitrogens with one attached hydrogen (secondary N) is 1. The van der Waals surface area contributed by atoms with E-state index in [2.05, 4.69) is 14.4 Å². The highest BCUT2D eigenvalue weighted by Crippen LogP contribution is 2.17. The lowest BCUT2D eigenvalue weighted by Crippen LogP contribution is -2.26.